The summed E-state index contributed by atoms with van der Waals surface area (Å²) < 4.78 is 0. The second-order valence-electron chi connectivity index (χ2n) is 15.9. The van der Waals surface area contributed by atoms with Crippen LogP contribution in [0.25, 0.3) is 10.9 Å². The van der Waals surface area contributed by atoms with Gasteiger partial charge < -0.3 is 73.3 Å². The van der Waals surface area contributed by atoms with Crippen LogP contribution in [-0.2, 0) is 49.6 Å². The molecular weight excluding hydrogens is 849 g/mol. The number of hydrogen-bond donors (Lipinski definition) is 13. The van der Waals surface area contributed by atoms with Crippen molar-refractivity contribution in [1.29, 1.82) is 0 Å². The molecule has 0 saturated carbocycles. The molecule has 63 heavy (non-hydrogen) atoms. The number of aromatic amines is 1. The maximum atomic E-state index is 14.4. The summed E-state index contributed by atoms with van der Waals surface area (Å²) in [5.74, 6) is -10.7. The number of primary amides is 1. The van der Waals surface area contributed by atoms with Gasteiger partial charge in [-0.3, -0.25) is 43.2 Å². The summed E-state index contributed by atoms with van der Waals surface area (Å²) in [6.07, 6.45) is -4.01. The Labute approximate surface area is 364 Å². The summed E-state index contributed by atoms with van der Waals surface area (Å²) in [6, 6.07) is -5.00. The number of nitrogens with one attached hydrogen (secondary N) is 8. The number of nitrogens with zero attached hydrogens (tertiary/aromatic N) is 1. The Bertz CT molecular complexity index is 2120. The molecule has 9 amide bonds. The Morgan fingerprint density at radius 2 is 1.56 bits per heavy atom. The van der Waals surface area contributed by atoms with E-state index in [0.717, 1.165) is 16.7 Å². The molecule has 3 aliphatic rings. The number of phenols is 1. The number of aliphatic hydroxyl groups excluding tert-OH is 3. The highest BCUT2D eigenvalue weighted by Crippen LogP contribution is 2.33. The summed E-state index contributed by atoms with van der Waals surface area (Å²) in [4.78, 5) is 128. The van der Waals surface area contributed by atoms with Crippen LogP contribution in [0.2, 0.25) is 0 Å². The van der Waals surface area contributed by atoms with E-state index in [0.29, 0.717) is 22.9 Å². The fraction of sp³-hybridized carbons (Fsp3) is 0.564. The lowest BCUT2D eigenvalue weighted by Gasteiger charge is -2.32. The van der Waals surface area contributed by atoms with E-state index in [1.54, 1.807) is 13.8 Å². The number of amides is 9. The van der Waals surface area contributed by atoms with Crippen molar-refractivity contribution in [2.24, 2.45) is 17.6 Å². The van der Waals surface area contributed by atoms with Gasteiger partial charge in [-0.1, -0.05) is 27.2 Å². The van der Waals surface area contributed by atoms with Crippen LogP contribution >= 0.6 is 11.8 Å². The summed E-state index contributed by atoms with van der Waals surface area (Å²) in [6.45, 7) is 2.08. The van der Waals surface area contributed by atoms with Crippen LogP contribution in [0.15, 0.2) is 23.2 Å². The van der Waals surface area contributed by atoms with Crippen molar-refractivity contribution < 1.29 is 63.6 Å². The van der Waals surface area contributed by atoms with Crippen molar-refractivity contribution in [1.82, 2.24) is 47.1 Å². The molecule has 14 N–H and O–H groups in total. The zero-order valence-corrected chi connectivity index (χ0v) is 35.6. The van der Waals surface area contributed by atoms with Crippen molar-refractivity contribution in [3.05, 3.63) is 23.8 Å². The lowest BCUT2D eigenvalue weighted by atomic mass is 9.93. The number of hydrogen-bond acceptors (Lipinski definition) is 14. The molecule has 1 fully saturated rings. The zero-order chi connectivity index (χ0) is 46.3. The number of aromatic hydroxyl groups is 1. The number of carbonyl (C=O) groups excluding carboxylic acids is 9. The van der Waals surface area contributed by atoms with Gasteiger partial charge in [0.1, 0.15) is 42.0 Å². The number of aliphatic hydroxyl groups is 3. The first-order valence-corrected chi connectivity index (χ1v) is 21.4. The number of benzene rings is 1. The van der Waals surface area contributed by atoms with Crippen molar-refractivity contribution >= 4 is 75.8 Å². The highest BCUT2D eigenvalue weighted by molar-refractivity contribution is 7.99. The summed E-state index contributed by atoms with van der Waals surface area (Å²) >= 11 is 0.949. The average Bonchev–Trinajstić information content (AvgIpc) is 3.80. The third-order valence-electron chi connectivity index (χ3n) is 11.4. The van der Waals surface area contributed by atoms with Gasteiger partial charge in [-0.15, -0.1) is 11.8 Å². The fourth-order valence-electron chi connectivity index (χ4n) is 7.56. The standard InChI is InChI=1S/C39H54N10O13S/c1-4-16(2)31-36(60)42-11-29(55)43-25-15-63-38-21(20-6-5-18(51)7-22(20)46-38)9-23(33(57)41-12-30(56)47-31)44-37(61)32(17(3)27(53)14-50)48-35(59)26-8-19(52)13-49(26)39(62)24(10-28(40)54)45-34(25)58/h5-7,16-17,19,23-27,31-32,46,50-53H,4,8-15H2,1-3H3,(H2,40,54)(H,41,57)(H,42,60)(H,43,55)(H,44,61)(H,45,58)(H,47,56)(H,48,59)/t16-,17-,19+,23?,24-,25?,26-,27-,31-,32-/m0/s1. The van der Waals surface area contributed by atoms with Crippen LogP contribution in [0.1, 0.15) is 45.6 Å². The van der Waals surface area contributed by atoms with Crippen molar-refractivity contribution in [3.8, 4) is 5.75 Å². The van der Waals surface area contributed by atoms with Crippen LogP contribution < -0.4 is 43.0 Å². The minimum atomic E-state index is -1.75. The molecule has 2 aromatic rings. The number of aromatic nitrogens is 1. The van der Waals surface area contributed by atoms with Crippen molar-refractivity contribution in [3.63, 3.8) is 0 Å². The van der Waals surface area contributed by atoms with Gasteiger partial charge in [-0.05, 0) is 23.6 Å². The quantitative estimate of drug-likeness (QED) is 0.124. The molecular formula is C39H54N10O13S. The van der Waals surface area contributed by atoms with Gasteiger partial charge in [0, 0.05) is 42.5 Å². The third kappa shape index (κ3) is 11.7. The normalized spacial score (nSPS) is 27.6. The molecule has 23 nitrogen and oxygen atoms in total. The molecule has 2 bridgehead atoms. The van der Waals surface area contributed by atoms with Crippen LogP contribution in [0.3, 0.4) is 0 Å². The number of fused-ring (bicyclic) bond motifs is 5. The van der Waals surface area contributed by atoms with E-state index in [2.05, 4.69) is 42.2 Å². The zero-order valence-electron chi connectivity index (χ0n) is 34.8. The molecule has 1 saturated heterocycles. The molecule has 3 aliphatic heterocycles. The molecule has 0 aliphatic carbocycles. The number of carbonyl (C=O) groups is 9. The van der Waals surface area contributed by atoms with Gasteiger partial charge in [-0.25, -0.2) is 0 Å². The van der Waals surface area contributed by atoms with Crippen molar-refractivity contribution in [2.75, 3.05) is 32.0 Å². The number of H-pyrrole nitrogens is 1. The lowest BCUT2D eigenvalue weighted by molar-refractivity contribution is -0.144. The van der Waals surface area contributed by atoms with E-state index < -0.39 is 146 Å². The predicted molar refractivity (Wildman–Crippen MR) is 222 cm³/mol. The first-order chi connectivity index (χ1) is 29.8. The lowest BCUT2D eigenvalue weighted by Crippen LogP contribution is -2.62. The molecule has 5 rings (SSSR count). The smallest absolute Gasteiger partial charge is 0.246 e. The maximum absolute atomic E-state index is 14.4. The Balaban J connectivity index is 1.70. The van der Waals surface area contributed by atoms with Crippen LogP contribution in [0, 0.1) is 11.8 Å². The molecule has 10 atom stereocenters. The van der Waals surface area contributed by atoms with E-state index in [9.17, 15) is 63.6 Å². The number of nitrogens with two attached hydrogens (primary N) is 1. The van der Waals surface area contributed by atoms with Gasteiger partial charge in [0.25, 0.3) is 0 Å². The van der Waals surface area contributed by atoms with E-state index in [4.69, 9.17) is 5.73 Å². The van der Waals surface area contributed by atoms with E-state index in [1.165, 1.54) is 25.1 Å². The fourth-order valence-corrected chi connectivity index (χ4v) is 8.68. The van der Waals surface area contributed by atoms with E-state index in [-0.39, 0.29) is 29.4 Å². The Morgan fingerprint density at radius 1 is 0.873 bits per heavy atom. The molecule has 0 spiro atoms. The SMILES string of the molecule is CC[C@H](C)[C@@H]1NC(=O)CNC(=O)C2Cc3c([nH]c4cc(O)ccc34)SCC(NC(=O)CNC1=O)C(=O)N[C@@H](CC(N)=O)C(=O)N1C[C@H](O)C[C@H]1C(=O)N[C@@H]([C@@H](C)[C@@H](O)CO)C(=O)N2. The summed E-state index contributed by atoms with van der Waals surface area (Å²) in [5.41, 5.74) is 6.19. The average molecular weight is 903 g/mol. The predicted octanol–water partition coefficient (Wildman–Crippen LogP) is -4.94. The first-order valence-electron chi connectivity index (χ1n) is 20.4. The van der Waals surface area contributed by atoms with Crippen LogP contribution in [0.4, 0.5) is 0 Å². The minimum absolute atomic E-state index is 0.146. The summed E-state index contributed by atoms with van der Waals surface area (Å²) in [5, 5.41) is 59.9. The van der Waals surface area contributed by atoms with Gasteiger partial charge in [0.2, 0.25) is 53.2 Å². The summed E-state index contributed by atoms with van der Waals surface area (Å²) in [7, 11) is 0. The van der Waals surface area contributed by atoms with Gasteiger partial charge in [-0.2, -0.15) is 0 Å². The molecule has 1 aromatic heterocycles. The highest BCUT2D eigenvalue weighted by atomic mass is 32.2. The van der Waals surface area contributed by atoms with Crippen molar-refractivity contribution in [2.45, 2.75) is 99.9 Å². The third-order valence-corrected chi connectivity index (χ3v) is 12.5. The number of rotatable bonds is 7. The monoisotopic (exact) mass is 902 g/mol. The topological polar surface area (TPSA) is 364 Å². The van der Waals surface area contributed by atoms with E-state index in [1.807, 2.05) is 0 Å². The maximum Gasteiger partial charge on any atom is 0.246 e. The molecule has 0 radical (unpaired) electrons. The molecule has 1 aromatic carbocycles. The molecule has 24 heteroatoms. The first kappa shape index (κ1) is 48.1. The largest absolute Gasteiger partial charge is 0.508 e. The Morgan fingerprint density at radius 3 is 2.22 bits per heavy atom. The van der Waals surface area contributed by atoms with Crippen LogP contribution in [-0.4, -0.2) is 164 Å². The molecule has 344 valence electrons. The Hall–Kier alpha value is -5.98. The second kappa shape index (κ2) is 20.9. The number of thioether (sulfide) groups is 1. The molecule has 4 heterocycles. The number of phenolic OH excluding ortho intramolecular Hbond substituents is 1. The van der Waals surface area contributed by atoms with Gasteiger partial charge in [0.15, 0.2) is 0 Å². The Kier molecular flexibility index (Phi) is 16.0. The van der Waals surface area contributed by atoms with E-state index >= 15 is 0 Å². The minimum Gasteiger partial charge on any atom is -0.508 e. The van der Waals surface area contributed by atoms with Gasteiger partial charge in [0.05, 0.1) is 48.9 Å². The van der Waals surface area contributed by atoms with Gasteiger partial charge >= 0.3 is 0 Å². The molecule has 2 unspecified atom stereocenters. The van der Waals surface area contributed by atoms with Crippen LogP contribution in [0.5, 0.6) is 5.75 Å². The highest BCUT2D eigenvalue weighted by Gasteiger charge is 2.45. The second-order valence-corrected chi connectivity index (χ2v) is 17.0.